The number of ether oxygens (including phenoxy) is 1. The van der Waals surface area contributed by atoms with Gasteiger partial charge in [-0.05, 0) is 55.8 Å². The van der Waals surface area contributed by atoms with E-state index in [9.17, 15) is 18.0 Å². The van der Waals surface area contributed by atoms with Crippen molar-refractivity contribution in [3.05, 3.63) is 120 Å². The van der Waals surface area contributed by atoms with Gasteiger partial charge in [0.25, 0.3) is 15.9 Å². The topological polar surface area (TPSA) is 105 Å². The number of hydrogen-bond acceptors (Lipinski definition) is 5. The Morgan fingerprint density at radius 2 is 1.48 bits per heavy atom. The van der Waals surface area contributed by atoms with Gasteiger partial charge in [-0.25, -0.2) is 8.42 Å². The Labute approximate surface area is 234 Å². The van der Waals surface area contributed by atoms with Crippen molar-refractivity contribution in [3.8, 4) is 5.75 Å². The molecule has 40 heavy (non-hydrogen) atoms. The number of nitrogens with zero attached hydrogens (tertiary/aromatic N) is 1. The maximum absolute atomic E-state index is 13.8. The number of aryl methyl sites for hydroxylation is 1. The van der Waals surface area contributed by atoms with Gasteiger partial charge in [-0.1, -0.05) is 72.3 Å². The Kier molecular flexibility index (Phi) is 9.19. The number of rotatable bonds is 11. The van der Waals surface area contributed by atoms with Crippen LogP contribution >= 0.6 is 0 Å². The Bertz CT molecular complexity index is 1570. The minimum Gasteiger partial charge on any atom is -0.492 e. The van der Waals surface area contributed by atoms with Gasteiger partial charge in [0.15, 0.2) is 0 Å². The first-order valence-corrected chi connectivity index (χ1v) is 14.3. The molecule has 0 atom stereocenters. The number of sulfonamides is 1. The lowest BCUT2D eigenvalue weighted by Gasteiger charge is -2.26. The van der Waals surface area contributed by atoms with Gasteiger partial charge in [-0.2, -0.15) is 0 Å². The molecule has 0 aliphatic heterocycles. The van der Waals surface area contributed by atoms with E-state index in [0.717, 1.165) is 15.4 Å². The minimum atomic E-state index is -4.15. The molecule has 0 bridgehead atoms. The smallest absolute Gasteiger partial charge is 0.264 e. The number of hydrogen-bond donors (Lipinski definition) is 2. The summed E-state index contributed by atoms with van der Waals surface area (Å²) in [6.07, 6.45) is 0. The standard InChI is InChI=1S/C31H31N3O5S/c1-3-39-29-16-10-9-15-28(29)34(40(37,38)25-19-17-23(2)18-20-25)22-30(35)33-27-14-8-7-13-26(27)31(36)32-21-24-11-5-4-6-12-24/h4-20H,3,21-22H2,1-2H3,(H,32,36)(H,33,35). The van der Waals surface area contributed by atoms with Crippen LogP contribution in [0.5, 0.6) is 5.75 Å². The summed E-state index contributed by atoms with van der Waals surface area (Å²) in [4.78, 5) is 26.4. The van der Waals surface area contributed by atoms with Crippen molar-refractivity contribution in [3.63, 3.8) is 0 Å². The van der Waals surface area contributed by atoms with E-state index in [0.29, 0.717) is 18.9 Å². The highest BCUT2D eigenvalue weighted by Crippen LogP contribution is 2.32. The molecule has 0 saturated heterocycles. The Morgan fingerprint density at radius 3 is 2.20 bits per heavy atom. The summed E-state index contributed by atoms with van der Waals surface area (Å²) in [6, 6.07) is 29.1. The van der Waals surface area contributed by atoms with Gasteiger partial charge in [-0.3, -0.25) is 13.9 Å². The van der Waals surface area contributed by atoms with Crippen LogP contribution in [0.4, 0.5) is 11.4 Å². The van der Waals surface area contributed by atoms with E-state index in [2.05, 4.69) is 10.6 Å². The first-order valence-electron chi connectivity index (χ1n) is 12.8. The molecule has 4 rings (SSSR count). The zero-order valence-corrected chi connectivity index (χ0v) is 23.1. The summed E-state index contributed by atoms with van der Waals surface area (Å²) in [7, 11) is -4.15. The summed E-state index contributed by atoms with van der Waals surface area (Å²) >= 11 is 0. The lowest BCUT2D eigenvalue weighted by molar-refractivity contribution is -0.114. The molecule has 2 N–H and O–H groups in total. The first-order chi connectivity index (χ1) is 19.3. The second kappa shape index (κ2) is 12.9. The predicted octanol–water partition coefficient (Wildman–Crippen LogP) is 5.16. The van der Waals surface area contributed by atoms with Gasteiger partial charge in [0, 0.05) is 6.54 Å². The Hall–Kier alpha value is -4.63. The molecule has 4 aromatic carbocycles. The number of amides is 2. The van der Waals surface area contributed by atoms with E-state index >= 15 is 0 Å². The van der Waals surface area contributed by atoms with Crippen molar-refractivity contribution in [2.24, 2.45) is 0 Å². The number of nitrogens with one attached hydrogen (secondary N) is 2. The largest absolute Gasteiger partial charge is 0.492 e. The highest BCUT2D eigenvalue weighted by molar-refractivity contribution is 7.92. The van der Waals surface area contributed by atoms with E-state index in [-0.39, 0.29) is 27.7 Å². The lowest BCUT2D eigenvalue weighted by Crippen LogP contribution is -2.38. The van der Waals surface area contributed by atoms with Crippen molar-refractivity contribution in [2.75, 3.05) is 22.8 Å². The van der Waals surface area contributed by atoms with Gasteiger partial charge in [-0.15, -0.1) is 0 Å². The van der Waals surface area contributed by atoms with Crippen LogP contribution in [0.2, 0.25) is 0 Å². The molecular formula is C31H31N3O5S. The molecule has 0 aliphatic rings. The molecule has 0 spiro atoms. The van der Waals surface area contributed by atoms with Crippen LogP contribution < -0.4 is 19.7 Å². The molecule has 9 heteroatoms. The summed E-state index contributed by atoms with van der Waals surface area (Å²) < 4.78 is 34.3. The summed E-state index contributed by atoms with van der Waals surface area (Å²) in [5, 5.41) is 5.58. The fourth-order valence-electron chi connectivity index (χ4n) is 4.06. The quantitative estimate of drug-likeness (QED) is 0.265. The van der Waals surface area contributed by atoms with Crippen LogP contribution in [-0.2, 0) is 21.4 Å². The van der Waals surface area contributed by atoms with Gasteiger partial charge in [0.05, 0.1) is 28.4 Å². The highest BCUT2D eigenvalue weighted by Gasteiger charge is 2.30. The maximum Gasteiger partial charge on any atom is 0.264 e. The number of benzene rings is 4. The Morgan fingerprint density at radius 1 is 0.825 bits per heavy atom. The number of para-hydroxylation sites is 3. The monoisotopic (exact) mass is 557 g/mol. The van der Waals surface area contributed by atoms with Gasteiger partial charge < -0.3 is 15.4 Å². The van der Waals surface area contributed by atoms with Crippen molar-refractivity contribution >= 4 is 33.2 Å². The molecule has 0 aromatic heterocycles. The van der Waals surface area contributed by atoms with Crippen LogP contribution in [0.25, 0.3) is 0 Å². The van der Waals surface area contributed by atoms with Crippen molar-refractivity contribution in [1.29, 1.82) is 0 Å². The van der Waals surface area contributed by atoms with Gasteiger partial charge in [0.2, 0.25) is 5.91 Å². The zero-order chi connectivity index (χ0) is 28.5. The third kappa shape index (κ3) is 6.86. The molecule has 0 radical (unpaired) electrons. The normalized spacial score (nSPS) is 10.9. The van der Waals surface area contributed by atoms with Crippen molar-refractivity contribution in [1.82, 2.24) is 5.32 Å². The van der Waals surface area contributed by atoms with Gasteiger partial charge in [0.1, 0.15) is 12.3 Å². The van der Waals surface area contributed by atoms with Crippen LogP contribution in [0, 0.1) is 6.92 Å². The third-order valence-electron chi connectivity index (χ3n) is 6.07. The molecule has 0 fully saturated rings. The fourth-order valence-corrected chi connectivity index (χ4v) is 5.49. The number of carbonyl (C=O) groups is 2. The third-order valence-corrected chi connectivity index (χ3v) is 7.85. The maximum atomic E-state index is 13.8. The lowest BCUT2D eigenvalue weighted by atomic mass is 10.1. The molecule has 0 saturated carbocycles. The van der Waals surface area contributed by atoms with E-state index in [1.54, 1.807) is 67.6 Å². The fraction of sp³-hybridized carbons (Fsp3) is 0.161. The second-order valence-corrected chi connectivity index (χ2v) is 10.8. The molecule has 8 nitrogen and oxygen atoms in total. The van der Waals surface area contributed by atoms with E-state index in [1.807, 2.05) is 37.3 Å². The number of anilines is 2. The van der Waals surface area contributed by atoms with Crippen LogP contribution in [0.15, 0.2) is 108 Å². The molecular weight excluding hydrogens is 526 g/mol. The Balaban J connectivity index is 1.60. The molecule has 0 heterocycles. The highest BCUT2D eigenvalue weighted by atomic mass is 32.2. The van der Waals surface area contributed by atoms with E-state index < -0.39 is 22.5 Å². The summed E-state index contributed by atoms with van der Waals surface area (Å²) in [5.74, 6) is -0.662. The molecule has 0 aliphatic carbocycles. The van der Waals surface area contributed by atoms with Crippen LogP contribution in [-0.4, -0.2) is 33.4 Å². The predicted molar refractivity (Wildman–Crippen MR) is 156 cm³/mol. The molecule has 4 aromatic rings. The minimum absolute atomic E-state index is 0.0397. The second-order valence-electron chi connectivity index (χ2n) is 8.99. The molecule has 0 unspecified atom stereocenters. The van der Waals surface area contributed by atoms with Gasteiger partial charge >= 0.3 is 0 Å². The van der Waals surface area contributed by atoms with Crippen molar-refractivity contribution in [2.45, 2.75) is 25.3 Å². The van der Waals surface area contributed by atoms with Crippen LogP contribution in [0.3, 0.4) is 0 Å². The van der Waals surface area contributed by atoms with Crippen molar-refractivity contribution < 1.29 is 22.7 Å². The number of carbonyl (C=O) groups excluding carboxylic acids is 2. The molecule has 2 amide bonds. The molecule has 206 valence electrons. The van der Waals surface area contributed by atoms with E-state index in [4.69, 9.17) is 4.74 Å². The SMILES string of the molecule is CCOc1ccccc1N(CC(=O)Nc1ccccc1C(=O)NCc1ccccc1)S(=O)(=O)c1ccc(C)cc1. The van der Waals surface area contributed by atoms with E-state index in [1.165, 1.54) is 12.1 Å². The average Bonchev–Trinajstić information content (AvgIpc) is 2.96. The average molecular weight is 558 g/mol. The zero-order valence-electron chi connectivity index (χ0n) is 22.3. The summed E-state index contributed by atoms with van der Waals surface area (Å²) in [5.41, 5.74) is 2.59. The first kappa shape index (κ1) is 28.4. The van der Waals surface area contributed by atoms with Crippen LogP contribution in [0.1, 0.15) is 28.4 Å². The summed E-state index contributed by atoms with van der Waals surface area (Å²) in [6.45, 7) is 3.74.